The van der Waals surface area contributed by atoms with E-state index in [1.807, 2.05) is 6.92 Å². The molecule has 1 rings (SSSR count). The zero-order valence-electron chi connectivity index (χ0n) is 9.06. The van der Waals surface area contributed by atoms with Gasteiger partial charge in [-0.25, -0.2) is 0 Å². The van der Waals surface area contributed by atoms with Crippen molar-refractivity contribution >= 4 is 17.1 Å². The van der Waals surface area contributed by atoms with E-state index in [9.17, 15) is 10.1 Å². The van der Waals surface area contributed by atoms with E-state index in [4.69, 9.17) is 5.11 Å². The van der Waals surface area contributed by atoms with Gasteiger partial charge in [-0.1, -0.05) is 6.07 Å². The first kappa shape index (κ1) is 12.3. The minimum Gasteiger partial charge on any atom is -0.395 e. The predicted molar refractivity (Wildman–Crippen MR) is 62.8 cm³/mol. The van der Waals surface area contributed by atoms with E-state index >= 15 is 0 Å². The first-order valence-corrected chi connectivity index (χ1v) is 5.06. The fourth-order valence-electron chi connectivity index (χ4n) is 1.41. The van der Waals surface area contributed by atoms with Crippen LogP contribution in [-0.4, -0.2) is 29.7 Å². The lowest BCUT2D eigenvalue weighted by atomic mass is 10.2. The average molecular weight is 225 g/mol. The van der Waals surface area contributed by atoms with E-state index in [1.165, 1.54) is 0 Å². The third-order valence-electron chi connectivity index (χ3n) is 2.01. The monoisotopic (exact) mass is 225 g/mol. The second-order valence-corrected chi connectivity index (χ2v) is 3.14. The van der Waals surface area contributed by atoms with Crippen LogP contribution < -0.4 is 10.6 Å². The van der Waals surface area contributed by atoms with Crippen LogP contribution in [0.1, 0.15) is 6.92 Å². The summed E-state index contributed by atoms with van der Waals surface area (Å²) in [6.07, 6.45) is 0. The molecule has 0 aliphatic rings. The smallest absolute Gasteiger partial charge is 0.315 e. The quantitative estimate of drug-likeness (QED) is 0.503. The van der Waals surface area contributed by atoms with E-state index in [0.29, 0.717) is 17.9 Å². The molecule has 0 aliphatic carbocycles. The molecular formula is C10H15N3O3. The highest BCUT2D eigenvalue weighted by molar-refractivity contribution is 5.76. The maximum absolute atomic E-state index is 10.9. The summed E-state index contributed by atoms with van der Waals surface area (Å²) in [6, 6.07) is 5.01. The summed E-state index contributed by atoms with van der Waals surface area (Å²) >= 11 is 0. The Balaban J connectivity index is 3.05. The number of nitrogens with zero attached hydrogens (tertiary/aromatic N) is 1. The molecule has 0 unspecified atom stereocenters. The minimum absolute atomic E-state index is 0.0119. The summed E-state index contributed by atoms with van der Waals surface area (Å²) in [5.41, 5.74) is 0.908. The van der Waals surface area contributed by atoms with Crippen LogP contribution in [0.15, 0.2) is 18.2 Å². The number of nitro groups is 1. The van der Waals surface area contributed by atoms with E-state index in [1.54, 1.807) is 18.2 Å². The van der Waals surface area contributed by atoms with Crippen LogP contribution in [0, 0.1) is 10.1 Å². The summed E-state index contributed by atoms with van der Waals surface area (Å²) in [5.74, 6) is 0. The fourth-order valence-corrected chi connectivity index (χ4v) is 1.41. The second-order valence-electron chi connectivity index (χ2n) is 3.14. The molecule has 1 aromatic rings. The van der Waals surface area contributed by atoms with Gasteiger partial charge in [-0.15, -0.1) is 0 Å². The Morgan fingerprint density at radius 2 is 2.00 bits per heavy atom. The average Bonchev–Trinajstić information content (AvgIpc) is 2.26. The van der Waals surface area contributed by atoms with Gasteiger partial charge in [0.1, 0.15) is 11.4 Å². The lowest BCUT2D eigenvalue weighted by Crippen LogP contribution is -2.09. The molecule has 16 heavy (non-hydrogen) atoms. The minimum atomic E-state index is -0.433. The first-order valence-electron chi connectivity index (χ1n) is 5.06. The Bertz CT molecular complexity index is 368. The van der Waals surface area contributed by atoms with E-state index in [2.05, 4.69) is 10.6 Å². The number of hydrogen-bond donors (Lipinski definition) is 3. The number of benzene rings is 1. The van der Waals surface area contributed by atoms with Gasteiger partial charge in [-0.2, -0.15) is 0 Å². The van der Waals surface area contributed by atoms with Gasteiger partial charge in [0.25, 0.3) is 0 Å². The molecule has 3 N–H and O–H groups in total. The van der Waals surface area contributed by atoms with Gasteiger partial charge in [0, 0.05) is 13.1 Å². The molecule has 0 aliphatic heterocycles. The van der Waals surface area contributed by atoms with Crippen molar-refractivity contribution in [1.29, 1.82) is 0 Å². The van der Waals surface area contributed by atoms with Crippen LogP contribution >= 0.6 is 0 Å². The molecule has 88 valence electrons. The van der Waals surface area contributed by atoms with Crippen LogP contribution in [0.25, 0.3) is 0 Å². The van der Waals surface area contributed by atoms with Crippen LogP contribution in [0.3, 0.4) is 0 Å². The maximum atomic E-state index is 10.9. The van der Waals surface area contributed by atoms with Crippen molar-refractivity contribution in [2.24, 2.45) is 0 Å². The van der Waals surface area contributed by atoms with Gasteiger partial charge in [0.15, 0.2) is 0 Å². The molecule has 0 saturated carbocycles. The van der Waals surface area contributed by atoms with Crippen molar-refractivity contribution in [2.45, 2.75) is 6.92 Å². The molecule has 0 radical (unpaired) electrons. The fraction of sp³-hybridized carbons (Fsp3) is 0.400. The van der Waals surface area contributed by atoms with Crippen molar-refractivity contribution < 1.29 is 10.0 Å². The molecule has 1 aromatic carbocycles. The number of anilines is 2. The van der Waals surface area contributed by atoms with Gasteiger partial charge in [-0.3, -0.25) is 10.1 Å². The van der Waals surface area contributed by atoms with E-state index in [0.717, 1.165) is 0 Å². The highest BCUT2D eigenvalue weighted by Gasteiger charge is 2.18. The number of rotatable bonds is 6. The third-order valence-corrected chi connectivity index (χ3v) is 2.01. The van der Waals surface area contributed by atoms with Crippen molar-refractivity contribution in [1.82, 2.24) is 0 Å². The molecule has 0 heterocycles. The van der Waals surface area contributed by atoms with Gasteiger partial charge < -0.3 is 15.7 Å². The third kappa shape index (κ3) is 2.83. The van der Waals surface area contributed by atoms with Gasteiger partial charge in [-0.05, 0) is 19.1 Å². The SMILES string of the molecule is CCNc1cccc(NCCO)c1[N+](=O)[O-]. The largest absolute Gasteiger partial charge is 0.395 e. The lowest BCUT2D eigenvalue weighted by molar-refractivity contribution is -0.383. The highest BCUT2D eigenvalue weighted by Crippen LogP contribution is 2.32. The Morgan fingerprint density at radius 3 is 2.50 bits per heavy atom. The van der Waals surface area contributed by atoms with Gasteiger partial charge >= 0.3 is 5.69 Å². The van der Waals surface area contributed by atoms with Crippen LogP contribution in [0.2, 0.25) is 0 Å². The predicted octanol–water partition coefficient (Wildman–Crippen LogP) is 1.43. The number of hydrogen-bond acceptors (Lipinski definition) is 5. The van der Waals surface area contributed by atoms with Crippen LogP contribution in [0.4, 0.5) is 17.1 Å². The molecule has 0 fully saturated rings. The van der Waals surface area contributed by atoms with Crippen molar-refractivity contribution in [3.05, 3.63) is 28.3 Å². The molecule has 6 heteroatoms. The van der Waals surface area contributed by atoms with E-state index < -0.39 is 4.92 Å². The number of aliphatic hydroxyl groups is 1. The molecule has 0 spiro atoms. The van der Waals surface area contributed by atoms with Crippen molar-refractivity contribution in [2.75, 3.05) is 30.3 Å². The molecular weight excluding hydrogens is 210 g/mol. The zero-order chi connectivity index (χ0) is 12.0. The lowest BCUT2D eigenvalue weighted by Gasteiger charge is -2.09. The zero-order valence-corrected chi connectivity index (χ0v) is 9.06. The summed E-state index contributed by atoms with van der Waals surface area (Å²) < 4.78 is 0. The number of aliphatic hydroxyl groups excluding tert-OH is 1. The Labute approximate surface area is 93.4 Å². The van der Waals surface area contributed by atoms with Crippen molar-refractivity contribution in [3.63, 3.8) is 0 Å². The highest BCUT2D eigenvalue weighted by atomic mass is 16.6. The maximum Gasteiger partial charge on any atom is 0.315 e. The van der Waals surface area contributed by atoms with Gasteiger partial charge in [0.2, 0.25) is 0 Å². The normalized spacial score (nSPS) is 9.88. The summed E-state index contributed by atoms with van der Waals surface area (Å²) in [4.78, 5) is 10.5. The molecule has 0 amide bonds. The second kappa shape index (κ2) is 5.92. The summed E-state index contributed by atoms with van der Waals surface area (Å²) in [6.45, 7) is 2.71. The number of nitro benzene ring substituents is 1. The van der Waals surface area contributed by atoms with E-state index in [-0.39, 0.29) is 18.8 Å². The summed E-state index contributed by atoms with van der Waals surface area (Å²) in [5, 5.41) is 25.4. The van der Waals surface area contributed by atoms with Gasteiger partial charge in [0.05, 0.1) is 11.5 Å². The Morgan fingerprint density at radius 1 is 1.38 bits per heavy atom. The molecule has 0 aromatic heterocycles. The topological polar surface area (TPSA) is 87.4 Å². The van der Waals surface area contributed by atoms with Crippen molar-refractivity contribution in [3.8, 4) is 0 Å². The molecule has 0 atom stereocenters. The standard InChI is InChI=1S/C10H15N3O3/c1-2-11-8-4-3-5-9(12-6-7-14)10(8)13(15)16/h3-5,11-12,14H,2,6-7H2,1H3. The Kier molecular flexibility index (Phi) is 4.53. The molecule has 6 nitrogen and oxygen atoms in total. The number of nitrogens with one attached hydrogen (secondary N) is 2. The number of para-hydroxylation sites is 1. The van der Waals surface area contributed by atoms with Crippen LogP contribution in [-0.2, 0) is 0 Å². The molecule has 0 saturated heterocycles. The Hall–Kier alpha value is -1.82. The summed E-state index contributed by atoms with van der Waals surface area (Å²) in [7, 11) is 0. The van der Waals surface area contributed by atoms with Crippen LogP contribution in [0.5, 0.6) is 0 Å². The first-order chi connectivity index (χ1) is 7.70. The molecule has 0 bridgehead atoms.